The molecular weight excluding hydrogens is 174 g/mol. The van der Waals surface area contributed by atoms with Crippen LogP contribution in [-0.2, 0) is 4.84 Å². The van der Waals surface area contributed by atoms with Crippen molar-refractivity contribution in [3.63, 3.8) is 0 Å². The lowest BCUT2D eigenvalue weighted by Crippen LogP contribution is -1.82. The molecule has 0 aliphatic heterocycles. The van der Waals surface area contributed by atoms with Gasteiger partial charge in [-0.25, -0.2) is 0 Å². The number of nitrogens with zero attached hydrogens (tertiary/aromatic N) is 1. The molecule has 0 saturated carbocycles. The minimum atomic E-state index is 1.05. The van der Waals surface area contributed by atoms with Gasteiger partial charge in [0, 0.05) is 0 Å². The van der Waals surface area contributed by atoms with Crippen LogP contribution in [0, 0.1) is 0 Å². The average Bonchev–Trinajstić information content (AvgIpc) is 2.26. The molecule has 2 aromatic carbocycles. The Morgan fingerprint density at radius 1 is 1.07 bits per heavy atom. The van der Waals surface area contributed by atoms with Gasteiger partial charge in [0.05, 0.1) is 6.21 Å². The molecule has 0 saturated heterocycles. The van der Waals surface area contributed by atoms with E-state index in [0.29, 0.717) is 0 Å². The summed E-state index contributed by atoms with van der Waals surface area (Å²) in [6.45, 7) is 0. The highest BCUT2D eigenvalue weighted by Gasteiger charge is 1.92. The molecule has 0 heterocycles. The van der Waals surface area contributed by atoms with Crippen molar-refractivity contribution >= 4 is 17.0 Å². The van der Waals surface area contributed by atoms with E-state index in [0.717, 1.165) is 5.56 Å². The molecule has 0 bridgehead atoms. The Morgan fingerprint density at radius 2 is 1.86 bits per heavy atom. The van der Waals surface area contributed by atoms with Crippen LogP contribution in [0.25, 0.3) is 10.8 Å². The summed E-state index contributed by atoms with van der Waals surface area (Å²) < 4.78 is 0. The Morgan fingerprint density at radius 3 is 2.64 bits per heavy atom. The fourth-order valence-corrected chi connectivity index (χ4v) is 1.40. The molecule has 0 aromatic heterocycles. The van der Waals surface area contributed by atoms with E-state index in [4.69, 9.17) is 0 Å². The van der Waals surface area contributed by atoms with Gasteiger partial charge in [0.2, 0.25) is 0 Å². The lowest BCUT2D eigenvalue weighted by Gasteiger charge is -1.97. The van der Waals surface area contributed by atoms with Crippen molar-refractivity contribution in [2.75, 3.05) is 7.11 Å². The SMILES string of the molecule is CO/N=C/c1ccc2ccccc2c1. The van der Waals surface area contributed by atoms with Crippen LogP contribution in [0.1, 0.15) is 5.56 Å². The van der Waals surface area contributed by atoms with E-state index in [9.17, 15) is 0 Å². The minimum absolute atomic E-state index is 1.05. The quantitative estimate of drug-likeness (QED) is 0.520. The molecule has 0 spiro atoms. The molecule has 0 N–H and O–H groups in total. The number of fused-ring (bicyclic) bond motifs is 1. The lowest BCUT2D eigenvalue weighted by molar-refractivity contribution is 0.215. The Kier molecular flexibility index (Phi) is 2.45. The topological polar surface area (TPSA) is 21.6 Å². The van der Waals surface area contributed by atoms with E-state index in [1.807, 2.05) is 18.2 Å². The molecule has 70 valence electrons. The van der Waals surface area contributed by atoms with Crippen LogP contribution in [0.3, 0.4) is 0 Å². The summed E-state index contributed by atoms with van der Waals surface area (Å²) >= 11 is 0. The standard InChI is InChI=1S/C12H11NO/c1-14-13-9-10-6-7-11-4-2-3-5-12(11)8-10/h2-9H,1H3/b13-9+. The summed E-state index contributed by atoms with van der Waals surface area (Å²) in [5.41, 5.74) is 1.05. The van der Waals surface area contributed by atoms with Gasteiger partial charge in [-0.05, 0) is 22.4 Å². The minimum Gasteiger partial charge on any atom is -0.399 e. The van der Waals surface area contributed by atoms with Crippen LogP contribution in [0.5, 0.6) is 0 Å². The Labute approximate surface area is 82.8 Å². The first kappa shape index (κ1) is 8.75. The third-order valence-electron chi connectivity index (χ3n) is 2.08. The van der Waals surface area contributed by atoms with Crippen molar-refractivity contribution in [2.45, 2.75) is 0 Å². The fraction of sp³-hybridized carbons (Fsp3) is 0.0833. The second-order valence-corrected chi connectivity index (χ2v) is 3.02. The maximum atomic E-state index is 4.63. The van der Waals surface area contributed by atoms with Crippen molar-refractivity contribution in [3.8, 4) is 0 Å². The maximum Gasteiger partial charge on any atom is 0.106 e. The third kappa shape index (κ3) is 1.74. The summed E-state index contributed by atoms with van der Waals surface area (Å²) in [6, 6.07) is 14.4. The van der Waals surface area contributed by atoms with Gasteiger partial charge in [-0.15, -0.1) is 0 Å². The molecule has 0 amide bonds. The molecule has 2 aromatic rings. The monoisotopic (exact) mass is 185 g/mol. The highest BCUT2D eigenvalue weighted by molar-refractivity contribution is 5.90. The Balaban J connectivity index is 2.46. The summed E-state index contributed by atoms with van der Waals surface area (Å²) in [7, 11) is 1.54. The summed E-state index contributed by atoms with van der Waals surface area (Å²) in [5.74, 6) is 0. The first-order valence-electron chi connectivity index (χ1n) is 4.45. The number of oxime groups is 1. The predicted octanol–water partition coefficient (Wildman–Crippen LogP) is 2.82. The maximum absolute atomic E-state index is 4.63. The second kappa shape index (κ2) is 3.92. The van der Waals surface area contributed by atoms with Crippen molar-refractivity contribution < 1.29 is 4.84 Å². The van der Waals surface area contributed by atoms with E-state index in [1.54, 1.807) is 6.21 Å². The number of rotatable bonds is 2. The van der Waals surface area contributed by atoms with Gasteiger partial charge in [0.15, 0.2) is 0 Å². The zero-order valence-corrected chi connectivity index (χ0v) is 7.97. The van der Waals surface area contributed by atoms with E-state index in [1.165, 1.54) is 17.9 Å². The Hall–Kier alpha value is -1.83. The van der Waals surface area contributed by atoms with E-state index < -0.39 is 0 Å². The highest BCUT2D eigenvalue weighted by Crippen LogP contribution is 2.14. The third-order valence-corrected chi connectivity index (χ3v) is 2.08. The zero-order chi connectivity index (χ0) is 9.80. The van der Waals surface area contributed by atoms with Crippen molar-refractivity contribution in [1.82, 2.24) is 0 Å². The largest absolute Gasteiger partial charge is 0.399 e. The van der Waals surface area contributed by atoms with Gasteiger partial charge in [-0.3, -0.25) is 0 Å². The molecule has 0 unspecified atom stereocenters. The molecule has 2 heteroatoms. The van der Waals surface area contributed by atoms with Gasteiger partial charge in [0.25, 0.3) is 0 Å². The van der Waals surface area contributed by atoms with Gasteiger partial charge in [0.1, 0.15) is 7.11 Å². The molecule has 2 rings (SSSR count). The number of benzene rings is 2. The van der Waals surface area contributed by atoms with Gasteiger partial charge in [-0.2, -0.15) is 0 Å². The molecule has 14 heavy (non-hydrogen) atoms. The Bertz CT molecular complexity index is 463. The van der Waals surface area contributed by atoms with Crippen LogP contribution in [0.2, 0.25) is 0 Å². The smallest absolute Gasteiger partial charge is 0.106 e. The first-order valence-corrected chi connectivity index (χ1v) is 4.45. The molecular formula is C12H11NO. The van der Waals surface area contributed by atoms with Crippen LogP contribution in [0.15, 0.2) is 47.6 Å². The van der Waals surface area contributed by atoms with Gasteiger partial charge < -0.3 is 4.84 Å². The predicted molar refractivity (Wildman–Crippen MR) is 58.6 cm³/mol. The number of hydrogen-bond donors (Lipinski definition) is 0. The normalized spacial score (nSPS) is 10.9. The first-order chi connectivity index (χ1) is 6.90. The summed E-state index contributed by atoms with van der Waals surface area (Å²) in [6.07, 6.45) is 1.70. The molecule has 0 aliphatic carbocycles. The van der Waals surface area contributed by atoms with Gasteiger partial charge >= 0.3 is 0 Å². The van der Waals surface area contributed by atoms with Crippen molar-refractivity contribution in [3.05, 3.63) is 48.0 Å². The van der Waals surface area contributed by atoms with Crippen LogP contribution in [-0.4, -0.2) is 13.3 Å². The lowest BCUT2D eigenvalue weighted by atomic mass is 10.1. The molecule has 0 fully saturated rings. The molecule has 0 radical (unpaired) electrons. The highest BCUT2D eigenvalue weighted by atomic mass is 16.6. The van der Waals surface area contributed by atoms with Crippen LogP contribution in [0.4, 0.5) is 0 Å². The van der Waals surface area contributed by atoms with E-state index in [-0.39, 0.29) is 0 Å². The summed E-state index contributed by atoms with van der Waals surface area (Å²) in [5, 5.41) is 6.18. The average molecular weight is 185 g/mol. The van der Waals surface area contributed by atoms with Crippen molar-refractivity contribution in [2.24, 2.45) is 5.16 Å². The van der Waals surface area contributed by atoms with E-state index in [2.05, 4.69) is 34.3 Å². The van der Waals surface area contributed by atoms with Crippen molar-refractivity contribution in [1.29, 1.82) is 0 Å². The van der Waals surface area contributed by atoms with E-state index >= 15 is 0 Å². The molecule has 2 nitrogen and oxygen atoms in total. The summed E-state index contributed by atoms with van der Waals surface area (Å²) in [4.78, 5) is 4.63. The number of hydrogen-bond acceptors (Lipinski definition) is 2. The zero-order valence-electron chi connectivity index (χ0n) is 7.97. The molecule has 0 atom stereocenters. The fourth-order valence-electron chi connectivity index (χ4n) is 1.40. The van der Waals surface area contributed by atoms with Crippen LogP contribution < -0.4 is 0 Å². The molecule has 0 aliphatic rings. The van der Waals surface area contributed by atoms with Gasteiger partial charge in [-0.1, -0.05) is 41.6 Å². The second-order valence-electron chi connectivity index (χ2n) is 3.02. The van der Waals surface area contributed by atoms with Crippen LogP contribution >= 0.6 is 0 Å².